The van der Waals surface area contributed by atoms with Crippen LogP contribution in [-0.2, 0) is 22.7 Å². The van der Waals surface area contributed by atoms with Crippen LogP contribution in [0.25, 0.3) is 11.4 Å². The second-order valence-electron chi connectivity index (χ2n) is 10.9. The second-order valence-corrected chi connectivity index (χ2v) is 10.9. The number of amides is 2. The highest BCUT2D eigenvalue weighted by molar-refractivity contribution is 5.87. The van der Waals surface area contributed by atoms with Crippen LogP contribution in [0.5, 0.6) is 0 Å². The maximum Gasteiger partial charge on any atom is 0.256 e. The molecule has 3 aromatic rings. The number of carbonyl (C=O) groups is 2. The topological polar surface area (TPSA) is 118 Å². The molecular weight excluding hydrogens is 522 g/mol. The minimum atomic E-state index is -0.261. The lowest BCUT2D eigenvalue weighted by atomic mass is 10.1. The third kappa shape index (κ3) is 7.10. The monoisotopic (exact) mass is 561 g/mol. The third-order valence-corrected chi connectivity index (χ3v) is 7.98. The second kappa shape index (κ2) is 12.8. The number of hydrazine groups is 1. The van der Waals surface area contributed by atoms with Gasteiger partial charge in [-0.05, 0) is 42.5 Å². The molecule has 2 amide bonds. The van der Waals surface area contributed by atoms with Gasteiger partial charge in [-0.3, -0.25) is 14.6 Å². The number of fused-ring (bicyclic) bond motifs is 1. The van der Waals surface area contributed by atoms with Crippen molar-refractivity contribution in [3.8, 4) is 11.4 Å². The SMILES string of the molecule is Cc1nc(-c2ccc(C)c(NCC(=O)N(CCN3CCC(O)CC3)CC(=O)N(C)N3Cc4ccccc4C3)c2)no1. The summed E-state index contributed by atoms with van der Waals surface area (Å²) in [4.78, 5) is 35.2. The molecule has 0 atom stereocenters. The van der Waals surface area contributed by atoms with Gasteiger partial charge in [0.25, 0.3) is 5.91 Å². The number of aliphatic hydroxyl groups excluding tert-OH is 1. The highest BCUT2D eigenvalue weighted by Gasteiger charge is 2.28. The molecule has 2 aromatic carbocycles. The lowest BCUT2D eigenvalue weighted by Gasteiger charge is -2.33. The fourth-order valence-electron chi connectivity index (χ4n) is 5.30. The summed E-state index contributed by atoms with van der Waals surface area (Å²) in [5, 5.41) is 20.8. The van der Waals surface area contributed by atoms with Crippen molar-refractivity contribution in [2.75, 3.05) is 51.6 Å². The Kier molecular flexibility index (Phi) is 8.96. The molecule has 41 heavy (non-hydrogen) atoms. The summed E-state index contributed by atoms with van der Waals surface area (Å²) in [7, 11) is 1.77. The van der Waals surface area contributed by atoms with Crippen LogP contribution in [0, 0.1) is 13.8 Å². The first-order chi connectivity index (χ1) is 19.8. The predicted molar refractivity (Wildman–Crippen MR) is 154 cm³/mol. The number of carbonyl (C=O) groups excluding carboxylic acids is 2. The molecule has 11 nitrogen and oxygen atoms in total. The summed E-state index contributed by atoms with van der Waals surface area (Å²) in [6.45, 7) is 7.71. The predicted octanol–water partition coefficient (Wildman–Crippen LogP) is 2.44. The Balaban J connectivity index is 1.24. The highest BCUT2D eigenvalue weighted by atomic mass is 16.5. The first-order valence-electron chi connectivity index (χ1n) is 14.2. The molecule has 5 rings (SSSR count). The van der Waals surface area contributed by atoms with Crippen molar-refractivity contribution in [1.29, 1.82) is 0 Å². The van der Waals surface area contributed by atoms with E-state index < -0.39 is 0 Å². The van der Waals surface area contributed by atoms with Crippen LogP contribution < -0.4 is 5.32 Å². The summed E-state index contributed by atoms with van der Waals surface area (Å²) in [6, 6.07) is 14.0. The third-order valence-electron chi connectivity index (χ3n) is 7.98. The number of hydrogen-bond donors (Lipinski definition) is 2. The number of aromatic nitrogens is 2. The number of piperidine rings is 1. The molecule has 1 aromatic heterocycles. The zero-order valence-electron chi connectivity index (χ0n) is 24.0. The van der Waals surface area contributed by atoms with Crippen LogP contribution in [0.1, 0.15) is 35.4 Å². The van der Waals surface area contributed by atoms with E-state index in [2.05, 4.69) is 32.5 Å². The van der Waals surface area contributed by atoms with E-state index in [-0.39, 0.29) is 31.0 Å². The number of hydrogen-bond acceptors (Lipinski definition) is 9. The van der Waals surface area contributed by atoms with Crippen LogP contribution >= 0.6 is 0 Å². The van der Waals surface area contributed by atoms with Crippen LogP contribution in [0.15, 0.2) is 47.0 Å². The van der Waals surface area contributed by atoms with Gasteiger partial charge in [-0.1, -0.05) is 41.6 Å². The Bertz CT molecular complexity index is 1340. The van der Waals surface area contributed by atoms with Gasteiger partial charge in [-0.15, -0.1) is 0 Å². The van der Waals surface area contributed by atoms with Gasteiger partial charge >= 0.3 is 0 Å². The largest absolute Gasteiger partial charge is 0.393 e. The van der Waals surface area contributed by atoms with Gasteiger partial charge in [0.05, 0.1) is 12.6 Å². The van der Waals surface area contributed by atoms with E-state index in [0.717, 1.165) is 42.7 Å². The van der Waals surface area contributed by atoms with E-state index in [1.807, 2.05) is 42.3 Å². The molecule has 0 saturated carbocycles. The van der Waals surface area contributed by atoms with Gasteiger partial charge in [0.1, 0.15) is 6.54 Å². The number of likely N-dealkylation sites (N-methyl/N-ethyl adjacent to an activating group) is 1. The molecule has 0 bridgehead atoms. The molecule has 3 heterocycles. The number of aryl methyl sites for hydroxylation is 2. The van der Waals surface area contributed by atoms with Crippen LogP contribution in [-0.4, -0.2) is 99.3 Å². The van der Waals surface area contributed by atoms with E-state index in [4.69, 9.17) is 4.52 Å². The summed E-state index contributed by atoms with van der Waals surface area (Å²) >= 11 is 0. The minimum absolute atomic E-state index is 0.0124. The molecule has 2 N–H and O–H groups in total. The zero-order valence-corrected chi connectivity index (χ0v) is 24.0. The summed E-state index contributed by atoms with van der Waals surface area (Å²) in [5.41, 5.74) is 4.98. The first kappa shape index (κ1) is 28.7. The van der Waals surface area contributed by atoms with Crippen molar-refractivity contribution in [2.45, 2.75) is 45.9 Å². The fourth-order valence-corrected chi connectivity index (χ4v) is 5.30. The van der Waals surface area contributed by atoms with Gasteiger partial charge in [0.2, 0.25) is 17.6 Å². The van der Waals surface area contributed by atoms with Gasteiger partial charge in [-0.2, -0.15) is 4.98 Å². The molecule has 1 fully saturated rings. The molecule has 0 radical (unpaired) electrons. The molecule has 2 aliphatic heterocycles. The standard InChI is InChI=1S/C30H39N7O4/c1-21-8-9-23(30-32-22(2)41-33-30)16-27(21)31-17-28(39)36(15-14-35-12-10-26(38)11-13-35)20-29(40)34(3)37-18-24-6-4-5-7-25(24)19-37/h4-9,16,26,31,38H,10-15,17-20H2,1-3H3. The first-order valence-corrected chi connectivity index (χ1v) is 14.2. The maximum absolute atomic E-state index is 13.5. The lowest BCUT2D eigenvalue weighted by Crippen LogP contribution is -2.50. The molecular formula is C30H39N7O4. The Labute approximate surface area is 240 Å². The molecule has 0 unspecified atom stereocenters. The van der Waals surface area contributed by atoms with Crippen molar-refractivity contribution in [3.63, 3.8) is 0 Å². The number of nitrogens with zero attached hydrogens (tertiary/aromatic N) is 6. The lowest BCUT2D eigenvalue weighted by molar-refractivity contribution is -0.151. The minimum Gasteiger partial charge on any atom is -0.393 e. The molecule has 0 spiro atoms. The molecule has 11 heteroatoms. The number of aliphatic hydroxyl groups is 1. The molecule has 218 valence electrons. The van der Waals surface area contributed by atoms with Crippen LogP contribution in [0.2, 0.25) is 0 Å². The highest BCUT2D eigenvalue weighted by Crippen LogP contribution is 2.25. The quantitative estimate of drug-likeness (QED) is 0.385. The number of nitrogens with one attached hydrogen (secondary N) is 1. The molecule has 1 saturated heterocycles. The summed E-state index contributed by atoms with van der Waals surface area (Å²) in [5.74, 6) is 0.680. The van der Waals surface area contributed by atoms with Crippen LogP contribution in [0.3, 0.4) is 0 Å². The van der Waals surface area contributed by atoms with Crippen molar-refractivity contribution in [3.05, 3.63) is 65.0 Å². The number of benzene rings is 2. The number of anilines is 1. The van der Waals surface area contributed by atoms with Crippen molar-refractivity contribution in [2.24, 2.45) is 0 Å². The Morgan fingerprint density at radius 3 is 2.44 bits per heavy atom. The average Bonchev–Trinajstić information content (AvgIpc) is 3.61. The number of likely N-dealkylation sites (tertiary alicyclic amines) is 1. The Hall–Kier alpha value is -3.80. The van der Waals surface area contributed by atoms with Crippen molar-refractivity contribution < 1.29 is 19.2 Å². The van der Waals surface area contributed by atoms with Gasteiger partial charge in [0, 0.05) is 64.5 Å². The zero-order chi connectivity index (χ0) is 28.9. The van der Waals surface area contributed by atoms with Gasteiger partial charge in [0.15, 0.2) is 0 Å². The van der Waals surface area contributed by atoms with Gasteiger partial charge < -0.3 is 24.7 Å². The summed E-state index contributed by atoms with van der Waals surface area (Å²) in [6.07, 6.45) is 1.19. The van der Waals surface area contributed by atoms with E-state index in [1.54, 1.807) is 23.9 Å². The van der Waals surface area contributed by atoms with Crippen molar-refractivity contribution >= 4 is 17.5 Å². The normalized spacial score (nSPS) is 16.0. The Morgan fingerprint density at radius 1 is 1.07 bits per heavy atom. The van der Waals surface area contributed by atoms with E-state index in [9.17, 15) is 14.7 Å². The smallest absolute Gasteiger partial charge is 0.256 e. The van der Waals surface area contributed by atoms with E-state index in [0.29, 0.717) is 37.9 Å². The van der Waals surface area contributed by atoms with E-state index >= 15 is 0 Å². The Morgan fingerprint density at radius 2 is 1.78 bits per heavy atom. The average molecular weight is 562 g/mol. The van der Waals surface area contributed by atoms with E-state index in [1.165, 1.54) is 11.1 Å². The fraction of sp³-hybridized carbons (Fsp3) is 0.467. The van der Waals surface area contributed by atoms with Crippen LogP contribution in [0.4, 0.5) is 5.69 Å². The number of rotatable bonds is 10. The van der Waals surface area contributed by atoms with Crippen molar-refractivity contribution in [1.82, 2.24) is 30.0 Å². The van der Waals surface area contributed by atoms with Gasteiger partial charge in [-0.25, -0.2) is 5.01 Å². The molecule has 0 aliphatic carbocycles. The summed E-state index contributed by atoms with van der Waals surface area (Å²) < 4.78 is 5.11. The molecule has 2 aliphatic rings. The maximum atomic E-state index is 13.5.